The lowest BCUT2D eigenvalue weighted by atomic mass is 10.2. The summed E-state index contributed by atoms with van der Waals surface area (Å²) in [5, 5.41) is 8.53. The highest BCUT2D eigenvalue weighted by molar-refractivity contribution is 5.84. The van der Waals surface area contributed by atoms with Crippen molar-refractivity contribution in [1.29, 1.82) is 5.26 Å². The van der Waals surface area contributed by atoms with Gasteiger partial charge in [-0.3, -0.25) is 9.59 Å². The minimum absolute atomic E-state index is 0.0994. The van der Waals surface area contributed by atoms with Crippen LogP contribution in [0.15, 0.2) is 0 Å². The van der Waals surface area contributed by atoms with Gasteiger partial charge in [0.1, 0.15) is 12.5 Å². The van der Waals surface area contributed by atoms with Gasteiger partial charge in [0.15, 0.2) is 0 Å². The van der Waals surface area contributed by atoms with E-state index >= 15 is 0 Å². The van der Waals surface area contributed by atoms with Crippen LogP contribution in [0.4, 0.5) is 0 Å². The molecule has 0 rings (SSSR count). The Kier molecular flexibility index (Phi) is 5.30. The summed E-state index contributed by atoms with van der Waals surface area (Å²) >= 11 is 0. The van der Waals surface area contributed by atoms with Crippen molar-refractivity contribution in [2.45, 2.75) is 13.8 Å². The first-order valence-corrected chi connectivity index (χ1v) is 4.32. The number of amides is 1. The first kappa shape index (κ1) is 12.4. The molecule has 0 N–H and O–H groups in total. The predicted octanol–water partition coefficient (Wildman–Crippen LogP) is 0.168. The quantitative estimate of drug-likeness (QED) is 0.603. The molecule has 78 valence electrons. The Morgan fingerprint density at radius 1 is 1.57 bits per heavy atom. The number of carbonyl (C=O) groups is 2. The second kappa shape index (κ2) is 5.97. The third-order valence-electron chi connectivity index (χ3n) is 1.81. The van der Waals surface area contributed by atoms with Crippen molar-refractivity contribution in [3.8, 4) is 6.07 Å². The number of methoxy groups -OCH3 is 1. The molecule has 0 fully saturated rings. The van der Waals surface area contributed by atoms with E-state index < -0.39 is 11.9 Å². The second-order valence-electron chi connectivity index (χ2n) is 2.78. The van der Waals surface area contributed by atoms with E-state index in [0.29, 0.717) is 6.54 Å². The SMILES string of the molecule is CCN(CC(=O)OC)C(=O)C(C)C#N. The first-order chi connectivity index (χ1) is 6.56. The van der Waals surface area contributed by atoms with Gasteiger partial charge in [-0.2, -0.15) is 5.26 Å². The molecule has 0 heterocycles. The summed E-state index contributed by atoms with van der Waals surface area (Å²) in [6, 6.07) is 1.83. The van der Waals surface area contributed by atoms with Crippen LogP contribution in [0, 0.1) is 17.2 Å². The molecule has 0 radical (unpaired) electrons. The van der Waals surface area contributed by atoms with Gasteiger partial charge in [-0.15, -0.1) is 0 Å². The number of carbonyl (C=O) groups excluding carboxylic acids is 2. The number of ether oxygens (including phenoxy) is 1. The van der Waals surface area contributed by atoms with Crippen LogP contribution < -0.4 is 0 Å². The highest BCUT2D eigenvalue weighted by atomic mass is 16.5. The van der Waals surface area contributed by atoms with E-state index in [4.69, 9.17) is 5.26 Å². The van der Waals surface area contributed by atoms with Gasteiger partial charge in [0.05, 0.1) is 13.2 Å². The maximum atomic E-state index is 11.5. The van der Waals surface area contributed by atoms with Gasteiger partial charge in [0.2, 0.25) is 5.91 Å². The molecule has 14 heavy (non-hydrogen) atoms. The van der Waals surface area contributed by atoms with E-state index in [1.54, 1.807) is 6.92 Å². The average Bonchev–Trinajstić information content (AvgIpc) is 2.23. The van der Waals surface area contributed by atoms with Crippen LogP contribution >= 0.6 is 0 Å². The fourth-order valence-corrected chi connectivity index (χ4v) is 0.895. The zero-order valence-electron chi connectivity index (χ0n) is 8.61. The number of nitrogens with zero attached hydrogens (tertiary/aromatic N) is 2. The van der Waals surface area contributed by atoms with Crippen molar-refractivity contribution in [1.82, 2.24) is 4.90 Å². The molecule has 0 aliphatic rings. The van der Waals surface area contributed by atoms with Crippen LogP contribution in [-0.2, 0) is 14.3 Å². The number of hydrogen-bond acceptors (Lipinski definition) is 4. The monoisotopic (exact) mass is 198 g/mol. The molecular weight excluding hydrogens is 184 g/mol. The Morgan fingerprint density at radius 2 is 2.14 bits per heavy atom. The lowest BCUT2D eigenvalue weighted by molar-refractivity contribution is -0.147. The van der Waals surface area contributed by atoms with Crippen molar-refractivity contribution >= 4 is 11.9 Å². The molecule has 1 unspecified atom stereocenters. The van der Waals surface area contributed by atoms with Gasteiger partial charge in [-0.25, -0.2) is 0 Å². The lowest BCUT2D eigenvalue weighted by Gasteiger charge is -2.20. The Bertz CT molecular complexity index is 257. The molecule has 0 aliphatic carbocycles. The van der Waals surface area contributed by atoms with Crippen molar-refractivity contribution < 1.29 is 14.3 Å². The van der Waals surface area contributed by atoms with E-state index in [-0.39, 0.29) is 12.5 Å². The summed E-state index contributed by atoms with van der Waals surface area (Å²) in [6.45, 7) is 3.53. The minimum Gasteiger partial charge on any atom is -0.468 e. The molecule has 0 aliphatic heterocycles. The summed E-state index contributed by atoms with van der Waals surface area (Å²) in [5.41, 5.74) is 0. The summed E-state index contributed by atoms with van der Waals surface area (Å²) in [5.74, 6) is -1.55. The number of rotatable bonds is 4. The molecule has 0 aromatic heterocycles. The summed E-state index contributed by atoms with van der Waals surface area (Å²) in [7, 11) is 1.26. The van der Waals surface area contributed by atoms with Crippen molar-refractivity contribution in [2.75, 3.05) is 20.2 Å². The van der Waals surface area contributed by atoms with Crippen molar-refractivity contribution in [3.05, 3.63) is 0 Å². The third-order valence-corrected chi connectivity index (χ3v) is 1.81. The van der Waals surface area contributed by atoms with Gasteiger partial charge in [0, 0.05) is 6.54 Å². The second-order valence-corrected chi connectivity index (χ2v) is 2.78. The van der Waals surface area contributed by atoms with Gasteiger partial charge >= 0.3 is 5.97 Å². The third kappa shape index (κ3) is 3.44. The van der Waals surface area contributed by atoms with Crippen LogP contribution in [0.3, 0.4) is 0 Å². The Labute approximate surface area is 83.2 Å². The van der Waals surface area contributed by atoms with Crippen molar-refractivity contribution in [3.63, 3.8) is 0 Å². The number of likely N-dealkylation sites (N-methyl/N-ethyl adjacent to an activating group) is 1. The molecule has 0 saturated heterocycles. The van der Waals surface area contributed by atoms with Gasteiger partial charge in [0.25, 0.3) is 0 Å². The molecule has 1 amide bonds. The van der Waals surface area contributed by atoms with Crippen LogP contribution in [-0.4, -0.2) is 37.0 Å². The summed E-state index contributed by atoms with van der Waals surface area (Å²) in [6.07, 6.45) is 0. The average molecular weight is 198 g/mol. The highest BCUT2D eigenvalue weighted by Crippen LogP contribution is 2.01. The Morgan fingerprint density at radius 3 is 2.50 bits per heavy atom. The fourth-order valence-electron chi connectivity index (χ4n) is 0.895. The normalized spacial score (nSPS) is 11.3. The predicted molar refractivity (Wildman–Crippen MR) is 49.0 cm³/mol. The molecule has 5 heteroatoms. The van der Waals surface area contributed by atoms with E-state index in [2.05, 4.69) is 4.74 Å². The standard InChI is InChI=1S/C9H14N2O3/c1-4-11(6-8(12)14-3)9(13)7(2)5-10/h7H,4,6H2,1-3H3. The molecule has 0 aromatic rings. The van der Waals surface area contributed by atoms with Crippen LogP contribution in [0.25, 0.3) is 0 Å². The minimum atomic E-state index is -0.723. The first-order valence-electron chi connectivity index (χ1n) is 4.32. The Hall–Kier alpha value is -1.57. The molecule has 0 aromatic carbocycles. The number of hydrogen-bond donors (Lipinski definition) is 0. The Balaban J connectivity index is 4.35. The highest BCUT2D eigenvalue weighted by Gasteiger charge is 2.20. The maximum Gasteiger partial charge on any atom is 0.325 e. The zero-order valence-corrected chi connectivity index (χ0v) is 8.61. The van der Waals surface area contributed by atoms with Crippen LogP contribution in [0.1, 0.15) is 13.8 Å². The summed E-state index contributed by atoms with van der Waals surface area (Å²) in [4.78, 5) is 23.6. The molecular formula is C9H14N2O3. The maximum absolute atomic E-state index is 11.5. The molecule has 0 spiro atoms. The van der Waals surface area contributed by atoms with Gasteiger partial charge in [-0.05, 0) is 13.8 Å². The lowest BCUT2D eigenvalue weighted by Crippen LogP contribution is -2.38. The summed E-state index contributed by atoms with van der Waals surface area (Å²) < 4.78 is 4.43. The van der Waals surface area contributed by atoms with E-state index in [1.165, 1.54) is 18.9 Å². The fraction of sp³-hybridized carbons (Fsp3) is 0.667. The van der Waals surface area contributed by atoms with Gasteiger partial charge < -0.3 is 9.64 Å². The molecule has 0 saturated carbocycles. The topological polar surface area (TPSA) is 70.4 Å². The number of esters is 1. The van der Waals surface area contributed by atoms with Crippen LogP contribution in [0.5, 0.6) is 0 Å². The molecule has 5 nitrogen and oxygen atoms in total. The smallest absolute Gasteiger partial charge is 0.325 e. The number of nitriles is 1. The van der Waals surface area contributed by atoms with Crippen molar-refractivity contribution in [2.24, 2.45) is 5.92 Å². The van der Waals surface area contributed by atoms with E-state index in [1.807, 2.05) is 6.07 Å². The molecule has 1 atom stereocenters. The van der Waals surface area contributed by atoms with E-state index in [0.717, 1.165) is 0 Å². The largest absolute Gasteiger partial charge is 0.468 e. The van der Waals surface area contributed by atoms with E-state index in [9.17, 15) is 9.59 Å². The van der Waals surface area contributed by atoms with Gasteiger partial charge in [-0.1, -0.05) is 0 Å². The van der Waals surface area contributed by atoms with Crippen LogP contribution in [0.2, 0.25) is 0 Å². The zero-order chi connectivity index (χ0) is 11.1. The molecule has 0 bridgehead atoms.